The first-order valence-electron chi connectivity index (χ1n) is 25.5. The van der Waals surface area contributed by atoms with Gasteiger partial charge in [0.25, 0.3) is 0 Å². The molecular formula is C51H96O5S. The lowest BCUT2D eigenvalue weighted by Crippen LogP contribution is -2.21. The highest BCUT2D eigenvalue weighted by Gasteiger charge is 2.20. The molecule has 2 aliphatic rings. The fourth-order valence-electron chi connectivity index (χ4n) is 8.56. The Morgan fingerprint density at radius 3 is 1.56 bits per heavy atom. The van der Waals surface area contributed by atoms with Gasteiger partial charge in [-0.15, -0.1) is 0 Å². The van der Waals surface area contributed by atoms with Crippen molar-refractivity contribution < 1.29 is 23.9 Å². The standard InChI is InChI=1S/C44H80O5S.C7H16/c1-2-3-4-24-33-42(49-43(46)35-34-39-27-18-15-19-28-39)38-50-37-26-17-23-32-41(45)31-22-16-25-36-48-44(47)40-29-20-13-11-9-7-5-6-8-10-12-14-21-30-40;1-3-5-7-6-4-2/h39-40,42H,2-38H2,1H3;3-7H2,1-2H3. The van der Waals surface area contributed by atoms with Gasteiger partial charge < -0.3 is 9.47 Å². The van der Waals surface area contributed by atoms with E-state index >= 15 is 0 Å². The van der Waals surface area contributed by atoms with E-state index in [9.17, 15) is 14.4 Å². The molecule has 1 atom stereocenters. The molecule has 0 N–H and O–H groups in total. The number of hydrogen-bond acceptors (Lipinski definition) is 6. The number of Topliss-reactive ketones (excluding diaryl/α,β-unsaturated/α-hetero) is 1. The van der Waals surface area contributed by atoms with Gasteiger partial charge in [-0.3, -0.25) is 14.4 Å². The zero-order valence-electron chi connectivity index (χ0n) is 38.4. The Hall–Kier alpha value is -1.04. The second-order valence-corrected chi connectivity index (χ2v) is 19.1. The zero-order chi connectivity index (χ0) is 41.3. The van der Waals surface area contributed by atoms with E-state index in [2.05, 4.69) is 20.8 Å². The molecular weight excluding hydrogens is 725 g/mol. The molecule has 0 aromatic rings. The van der Waals surface area contributed by atoms with Gasteiger partial charge in [0.05, 0.1) is 12.5 Å². The van der Waals surface area contributed by atoms with E-state index in [4.69, 9.17) is 9.47 Å². The van der Waals surface area contributed by atoms with Crippen molar-refractivity contribution in [3.8, 4) is 0 Å². The third-order valence-corrected chi connectivity index (χ3v) is 13.6. The van der Waals surface area contributed by atoms with Gasteiger partial charge in [-0.1, -0.05) is 188 Å². The molecule has 2 fully saturated rings. The van der Waals surface area contributed by atoms with E-state index < -0.39 is 0 Å². The highest BCUT2D eigenvalue weighted by atomic mass is 32.2. The molecule has 0 spiro atoms. The van der Waals surface area contributed by atoms with Gasteiger partial charge in [0, 0.05) is 25.0 Å². The summed E-state index contributed by atoms with van der Waals surface area (Å²) in [7, 11) is 0. The number of carbonyl (C=O) groups is 3. The second kappa shape index (κ2) is 41.7. The minimum absolute atomic E-state index is 0.0124. The summed E-state index contributed by atoms with van der Waals surface area (Å²) >= 11 is 1.91. The van der Waals surface area contributed by atoms with Crippen molar-refractivity contribution >= 4 is 29.5 Å². The van der Waals surface area contributed by atoms with Crippen molar-refractivity contribution in [2.45, 2.75) is 277 Å². The van der Waals surface area contributed by atoms with E-state index in [1.165, 1.54) is 148 Å². The molecule has 0 aliphatic heterocycles. The van der Waals surface area contributed by atoms with Gasteiger partial charge in [-0.05, 0) is 75.9 Å². The van der Waals surface area contributed by atoms with Crippen LogP contribution in [0.15, 0.2) is 0 Å². The third kappa shape index (κ3) is 35.4. The lowest BCUT2D eigenvalue weighted by atomic mass is 9.86. The Balaban J connectivity index is 0.00000211. The van der Waals surface area contributed by atoms with E-state index in [-0.39, 0.29) is 24.0 Å². The van der Waals surface area contributed by atoms with Crippen LogP contribution in [0.4, 0.5) is 0 Å². The monoisotopic (exact) mass is 821 g/mol. The average Bonchev–Trinajstić information content (AvgIpc) is 3.23. The maximum atomic E-state index is 12.9. The number of rotatable bonds is 28. The van der Waals surface area contributed by atoms with Crippen molar-refractivity contribution in [3.05, 3.63) is 0 Å². The van der Waals surface area contributed by atoms with Gasteiger partial charge in [0.1, 0.15) is 11.9 Å². The number of unbranched alkanes of at least 4 members (excludes halogenated alkanes) is 11. The van der Waals surface area contributed by atoms with Crippen LogP contribution in [0.25, 0.3) is 0 Å². The molecule has 57 heavy (non-hydrogen) atoms. The summed E-state index contributed by atoms with van der Waals surface area (Å²) in [6, 6.07) is 0. The largest absolute Gasteiger partial charge is 0.465 e. The van der Waals surface area contributed by atoms with Gasteiger partial charge >= 0.3 is 11.9 Å². The van der Waals surface area contributed by atoms with E-state index in [1.54, 1.807) is 0 Å². The summed E-state index contributed by atoms with van der Waals surface area (Å²) in [6.45, 7) is 7.23. The van der Waals surface area contributed by atoms with Crippen molar-refractivity contribution in [1.82, 2.24) is 0 Å². The first-order chi connectivity index (χ1) is 28.0. The summed E-state index contributed by atoms with van der Waals surface area (Å²) in [5.74, 6) is 3.18. The first-order valence-corrected chi connectivity index (χ1v) is 26.6. The summed E-state index contributed by atoms with van der Waals surface area (Å²) in [6.07, 6.45) is 45.8. The topological polar surface area (TPSA) is 69.7 Å². The molecule has 0 saturated heterocycles. The average molecular weight is 821 g/mol. The maximum Gasteiger partial charge on any atom is 0.308 e. The molecule has 2 rings (SSSR count). The SMILES string of the molecule is CCCCCCC.CCCCCCC(CSCCCCCC(=O)CCCCCOC(=O)C1CCCCCCCCCCCCCC1)OC(=O)CCC1CCCCC1. The Labute approximate surface area is 359 Å². The molecule has 0 amide bonds. The predicted octanol–water partition coefficient (Wildman–Crippen LogP) is 16.3. The predicted molar refractivity (Wildman–Crippen MR) is 247 cm³/mol. The Bertz CT molecular complexity index is 882. The van der Waals surface area contributed by atoms with Crippen LogP contribution in [0.2, 0.25) is 0 Å². The van der Waals surface area contributed by atoms with E-state index in [1.807, 2.05) is 11.8 Å². The van der Waals surface area contributed by atoms with Crippen molar-refractivity contribution in [2.24, 2.45) is 11.8 Å². The molecule has 5 nitrogen and oxygen atoms in total. The minimum atomic E-state index is 0.0124. The van der Waals surface area contributed by atoms with Gasteiger partial charge in [-0.2, -0.15) is 11.8 Å². The number of carbonyl (C=O) groups excluding carboxylic acids is 3. The zero-order valence-corrected chi connectivity index (χ0v) is 39.2. The Kier molecular flexibility index (Phi) is 39.5. The first kappa shape index (κ1) is 54.0. The van der Waals surface area contributed by atoms with Gasteiger partial charge in [-0.25, -0.2) is 0 Å². The molecule has 0 radical (unpaired) electrons. The van der Waals surface area contributed by atoms with Crippen LogP contribution in [0.3, 0.4) is 0 Å². The summed E-state index contributed by atoms with van der Waals surface area (Å²) in [5, 5.41) is 0. The number of hydrogen-bond donors (Lipinski definition) is 0. The Morgan fingerprint density at radius 2 is 1.00 bits per heavy atom. The molecule has 2 saturated carbocycles. The fraction of sp³-hybridized carbons (Fsp3) is 0.941. The third-order valence-electron chi connectivity index (χ3n) is 12.4. The molecule has 0 aromatic heterocycles. The van der Waals surface area contributed by atoms with Crippen LogP contribution in [-0.2, 0) is 23.9 Å². The van der Waals surface area contributed by atoms with Crippen molar-refractivity contribution in [2.75, 3.05) is 18.1 Å². The van der Waals surface area contributed by atoms with Gasteiger partial charge in [0.15, 0.2) is 0 Å². The van der Waals surface area contributed by atoms with Crippen LogP contribution in [-0.4, -0.2) is 41.9 Å². The lowest BCUT2D eigenvalue weighted by molar-refractivity contribution is -0.150. The quantitative estimate of drug-likeness (QED) is 0.0578. The van der Waals surface area contributed by atoms with Crippen LogP contribution in [0.5, 0.6) is 0 Å². The molecule has 1 unspecified atom stereocenters. The summed E-state index contributed by atoms with van der Waals surface area (Å²) in [5.41, 5.74) is 0. The highest BCUT2D eigenvalue weighted by Crippen LogP contribution is 2.28. The van der Waals surface area contributed by atoms with Crippen molar-refractivity contribution in [1.29, 1.82) is 0 Å². The second-order valence-electron chi connectivity index (χ2n) is 18.0. The lowest BCUT2D eigenvalue weighted by Gasteiger charge is -2.22. The van der Waals surface area contributed by atoms with Crippen LogP contribution in [0.1, 0.15) is 271 Å². The number of thioether (sulfide) groups is 1. The van der Waals surface area contributed by atoms with Crippen LogP contribution < -0.4 is 0 Å². The number of ketones is 1. The normalized spacial score (nSPS) is 17.4. The molecule has 2 aliphatic carbocycles. The highest BCUT2D eigenvalue weighted by molar-refractivity contribution is 7.99. The molecule has 0 aromatic carbocycles. The Morgan fingerprint density at radius 1 is 0.526 bits per heavy atom. The molecule has 0 bridgehead atoms. The number of esters is 2. The summed E-state index contributed by atoms with van der Waals surface area (Å²) < 4.78 is 11.7. The summed E-state index contributed by atoms with van der Waals surface area (Å²) in [4.78, 5) is 37.9. The van der Waals surface area contributed by atoms with Crippen LogP contribution in [0, 0.1) is 11.8 Å². The van der Waals surface area contributed by atoms with Gasteiger partial charge in [0.2, 0.25) is 0 Å². The van der Waals surface area contributed by atoms with Crippen molar-refractivity contribution in [3.63, 3.8) is 0 Å². The molecule has 336 valence electrons. The fourth-order valence-corrected chi connectivity index (χ4v) is 9.63. The van der Waals surface area contributed by atoms with Crippen LogP contribution >= 0.6 is 11.8 Å². The number of ether oxygens (including phenoxy) is 2. The van der Waals surface area contributed by atoms with E-state index in [0.717, 1.165) is 101 Å². The minimum Gasteiger partial charge on any atom is -0.465 e. The smallest absolute Gasteiger partial charge is 0.308 e. The van der Waals surface area contributed by atoms with E-state index in [0.29, 0.717) is 31.7 Å². The maximum absolute atomic E-state index is 12.9. The molecule has 6 heteroatoms. The molecule has 0 heterocycles.